The number of benzene rings is 3. The van der Waals surface area contributed by atoms with E-state index in [1.807, 2.05) is 30.3 Å². The molecule has 2 heterocycles. The number of amides is 1. The minimum Gasteiger partial charge on any atom is -0.385 e. The molecule has 0 saturated carbocycles. The van der Waals surface area contributed by atoms with Crippen LogP contribution in [0.25, 0.3) is 22.4 Å². The SMILES string of the molecule is C.COCCCn1cc(C(=O)N2CCNC[C@H]2Cc2ccccc2)c(-c2ccccc2)c1-c1ccccc1. The lowest BCUT2D eigenvalue weighted by Crippen LogP contribution is -2.54. The van der Waals surface area contributed by atoms with Gasteiger partial charge in [0.15, 0.2) is 0 Å². The smallest absolute Gasteiger partial charge is 0.256 e. The average Bonchev–Trinajstić information content (AvgIpc) is 3.34. The van der Waals surface area contributed by atoms with E-state index in [0.717, 1.165) is 60.4 Å². The highest BCUT2D eigenvalue weighted by molar-refractivity contribution is 6.05. The van der Waals surface area contributed by atoms with Crippen LogP contribution < -0.4 is 5.32 Å². The Hall–Kier alpha value is -3.67. The molecular formula is C33H39N3O2. The molecular weight excluding hydrogens is 470 g/mol. The van der Waals surface area contributed by atoms with E-state index in [1.54, 1.807) is 7.11 Å². The third-order valence-electron chi connectivity index (χ3n) is 7.09. The molecule has 38 heavy (non-hydrogen) atoms. The van der Waals surface area contributed by atoms with Gasteiger partial charge in [0, 0.05) is 57.7 Å². The van der Waals surface area contributed by atoms with Crippen LogP contribution in [-0.4, -0.2) is 54.8 Å². The Labute approximate surface area is 227 Å². The molecule has 5 heteroatoms. The molecule has 1 saturated heterocycles. The molecule has 198 valence electrons. The van der Waals surface area contributed by atoms with Crippen molar-refractivity contribution in [3.05, 3.63) is 108 Å². The van der Waals surface area contributed by atoms with Gasteiger partial charge in [-0.15, -0.1) is 0 Å². The van der Waals surface area contributed by atoms with Crippen molar-refractivity contribution in [3.8, 4) is 22.4 Å². The number of nitrogens with one attached hydrogen (secondary N) is 1. The number of carbonyl (C=O) groups is 1. The van der Waals surface area contributed by atoms with E-state index in [1.165, 1.54) is 5.56 Å². The van der Waals surface area contributed by atoms with Gasteiger partial charge >= 0.3 is 0 Å². The number of methoxy groups -OCH3 is 1. The minimum absolute atomic E-state index is 0. The molecule has 4 aromatic rings. The van der Waals surface area contributed by atoms with Gasteiger partial charge in [-0.1, -0.05) is 98.4 Å². The summed E-state index contributed by atoms with van der Waals surface area (Å²) >= 11 is 0. The maximum Gasteiger partial charge on any atom is 0.256 e. The van der Waals surface area contributed by atoms with Crippen molar-refractivity contribution in [1.82, 2.24) is 14.8 Å². The van der Waals surface area contributed by atoms with Gasteiger partial charge in [-0.25, -0.2) is 0 Å². The molecule has 1 N–H and O–H groups in total. The first-order valence-corrected chi connectivity index (χ1v) is 13.1. The van der Waals surface area contributed by atoms with E-state index < -0.39 is 0 Å². The zero-order chi connectivity index (χ0) is 25.5. The fraction of sp³-hybridized carbons (Fsp3) is 0.303. The maximum absolute atomic E-state index is 14.4. The van der Waals surface area contributed by atoms with Crippen LogP contribution in [0.3, 0.4) is 0 Å². The first-order valence-electron chi connectivity index (χ1n) is 13.1. The third-order valence-corrected chi connectivity index (χ3v) is 7.09. The van der Waals surface area contributed by atoms with Gasteiger partial charge in [0.1, 0.15) is 0 Å². The summed E-state index contributed by atoms with van der Waals surface area (Å²) in [5, 5.41) is 3.50. The van der Waals surface area contributed by atoms with Crippen molar-refractivity contribution in [1.29, 1.82) is 0 Å². The highest BCUT2D eigenvalue weighted by atomic mass is 16.5. The van der Waals surface area contributed by atoms with E-state index in [0.29, 0.717) is 13.2 Å². The minimum atomic E-state index is 0. The number of carbonyl (C=O) groups excluding carboxylic acids is 1. The van der Waals surface area contributed by atoms with Crippen molar-refractivity contribution in [2.45, 2.75) is 32.9 Å². The Bertz CT molecular complexity index is 1290. The van der Waals surface area contributed by atoms with Crippen molar-refractivity contribution in [2.75, 3.05) is 33.4 Å². The van der Waals surface area contributed by atoms with Crippen LogP contribution in [0, 0.1) is 0 Å². The average molecular weight is 510 g/mol. The van der Waals surface area contributed by atoms with Gasteiger partial charge in [0.05, 0.1) is 11.3 Å². The normalized spacial score (nSPS) is 15.2. The summed E-state index contributed by atoms with van der Waals surface area (Å²) in [6.45, 7) is 3.74. The summed E-state index contributed by atoms with van der Waals surface area (Å²) < 4.78 is 7.60. The molecule has 1 aliphatic rings. The molecule has 0 unspecified atom stereocenters. The van der Waals surface area contributed by atoms with E-state index in [2.05, 4.69) is 81.6 Å². The van der Waals surface area contributed by atoms with E-state index in [-0.39, 0.29) is 19.4 Å². The molecule has 5 rings (SSSR count). The third kappa shape index (κ3) is 6.07. The number of aryl methyl sites for hydroxylation is 1. The lowest BCUT2D eigenvalue weighted by Gasteiger charge is -2.36. The standard InChI is InChI=1S/C32H35N3O2.CH4/c1-37-21-11-19-34-24-29(30(26-14-7-3-8-15-26)31(34)27-16-9-4-10-17-27)32(36)35-20-18-33-23-28(35)22-25-12-5-2-6-13-25;/h2-10,12-17,24,28,33H,11,18-23H2,1H3;1H4/t28-;/m1./s1. The molecule has 1 amide bonds. The largest absolute Gasteiger partial charge is 0.385 e. The number of nitrogens with zero attached hydrogens (tertiary/aromatic N) is 2. The summed E-state index contributed by atoms with van der Waals surface area (Å²) in [7, 11) is 1.73. The quantitative estimate of drug-likeness (QED) is 0.275. The summed E-state index contributed by atoms with van der Waals surface area (Å²) in [5.74, 6) is 0.101. The van der Waals surface area contributed by atoms with Crippen molar-refractivity contribution in [2.24, 2.45) is 0 Å². The summed E-state index contributed by atoms with van der Waals surface area (Å²) in [6.07, 6.45) is 3.78. The molecule has 0 bridgehead atoms. The van der Waals surface area contributed by atoms with E-state index in [9.17, 15) is 4.79 Å². The van der Waals surface area contributed by atoms with Gasteiger partial charge in [-0.2, -0.15) is 0 Å². The van der Waals surface area contributed by atoms with Crippen LogP contribution in [0.4, 0.5) is 0 Å². The Morgan fingerprint density at radius 3 is 2.21 bits per heavy atom. The molecule has 1 aliphatic heterocycles. The van der Waals surface area contributed by atoms with Gasteiger partial charge in [0.2, 0.25) is 0 Å². The lowest BCUT2D eigenvalue weighted by atomic mass is 9.96. The van der Waals surface area contributed by atoms with Crippen molar-refractivity contribution >= 4 is 5.91 Å². The predicted octanol–water partition coefficient (Wildman–Crippen LogP) is 6.15. The van der Waals surface area contributed by atoms with Crippen molar-refractivity contribution in [3.63, 3.8) is 0 Å². The molecule has 5 nitrogen and oxygen atoms in total. The zero-order valence-corrected chi connectivity index (χ0v) is 21.5. The molecule has 0 radical (unpaired) electrons. The van der Waals surface area contributed by atoms with E-state index >= 15 is 0 Å². The van der Waals surface area contributed by atoms with Gasteiger partial charge in [-0.05, 0) is 29.5 Å². The van der Waals surface area contributed by atoms with Crippen molar-refractivity contribution < 1.29 is 9.53 Å². The molecule has 1 fully saturated rings. The number of piperazine rings is 1. The summed E-state index contributed by atoms with van der Waals surface area (Å²) in [4.78, 5) is 16.5. The second kappa shape index (κ2) is 13.2. The number of hydrogen-bond acceptors (Lipinski definition) is 3. The van der Waals surface area contributed by atoms with Crippen LogP contribution in [0.2, 0.25) is 0 Å². The van der Waals surface area contributed by atoms with E-state index in [4.69, 9.17) is 4.74 Å². The van der Waals surface area contributed by atoms with Crippen LogP contribution in [0.15, 0.2) is 97.2 Å². The monoisotopic (exact) mass is 509 g/mol. The number of hydrogen-bond donors (Lipinski definition) is 1. The highest BCUT2D eigenvalue weighted by Crippen LogP contribution is 2.38. The summed E-state index contributed by atoms with van der Waals surface area (Å²) in [5.41, 5.74) is 6.28. The Balaban J connectivity index is 0.00000336. The maximum atomic E-state index is 14.4. The zero-order valence-electron chi connectivity index (χ0n) is 21.5. The van der Waals surface area contributed by atoms with Gasteiger partial charge < -0.3 is 19.5 Å². The van der Waals surface area contributed by atoms with Gasteiger partial charge in [0.25, 0.3) is 5.91 Å². The second-order valence-electron chi connectivity index (χ2n) is 9.58. The van der Waals surface area contributed by atoms with Crippen LogP contribution in [-0.2, 0) is 17.7 Å². The lowest BCUT2D eigenvalue weighted by molar-refractivity contribution is 0.0636. The van der Waals surface area contributed by atoms with Crippen LogP contribution in [0.5, 0.6) is 0 Å². The molecule has 0 aliphatic carbocycles. The molecule has 3 aromatic carbocycles. The Kier molecular flexibility index (Phi) is 9.52. The number of aromatic nitrogens is 1. The fourth-order valence-electron chi connectivity index (χ4n) is 5.33. The number of ether oxygens (including phenoxy) is 1. The van der Waals surface area contributed by atoms with Crippen LogP contribution >= 0.6 is 0 Å². The Morgan fingerprint density at radius 2 is 1.55 bits per heavy atom. The molecule has 0 spiro atoms. The topological polar surface area (TPSA) is 46.5 Å². The Morgan fingerprint density at radius 1 is 0.921 bits per heavy atom. The molecule has 1 aromatic heterocycles. The van der Waals surface area contributed by atoms with Crippen LogP contribution in [0.1, 0.15) is 29.8 Å². The predicted molar refractivity (Wildman–Crippen MR) is 156 cm³/mol. The summed E-state index contributed by atoms with van der Waals surface area (Å²) in [6, 6.07) is 31.3. The first-order chi connectivity index (χ1) is 18.3. The number of rotatable bonds is 9. The first kappa shape index (κ1) is 27.4. The van der Waals surface area contributed by atoms with Gasteiger partial charge in [-0.3, -0.25) is 4.79 Å². The molecule has 1 atom stereocenters. The second-order valence-corrected chi connectivity index (χ2v) is 9.58. The highest BCUT2D eigenvalue weighted by Gasteiger charge is 2.31. The fourth-order valence-corrected chi connectivity index (χ4v) is 5.33.